The highest BCUT2D eigenvalue weighted by atomic mass is 16.5. The van der Waals surface area contributed by atoms with Gasteiger partial charge in [-0.3, -0.25) is 9.59 Å². The van der Waals surface area contributed by atoms with E-state index in [2.05, 4.69) is 0 Å². The molecule has 0 aromatic carbocycles. The Balaban J connectivity index is 2.68. The monoisotopic (exact) mass is 300 g/mol. The molecule has 0 saturated heterocycles. The quantitative estimate of drug-likeness (QED) is 0.501. The molecule has 21 heavy (non-hydrogen) atoms. The van der Waals surface area contributed by atoms with Crippen molar-refractivity contribution >= 4 is 11.8 Å². The van der Waals surface area contributed by atoms with Gasteiger partial charge in [-0.05, 0) is 32.6 Å². The standard InChI is InChI=1S/C16H28O5/c1-3-13(18)12(11-17)7-8-14(19)16(9-5-6-10-16)15(20)21-4-2/h12-13,17-18H,3-11H2,1-2H3. The van der Waals surface area contributed by atoms with Crippen LogP contribution in [0.4, 0.5) is 0 Å². The van der Waals surface area contributed by atoms with Gasteiger partial charge in [0, 0.05) is 18.9 Å². The lowest BCUT2D eigenvalue weighted by Crippen LogP contribution is -2.39. The van der Waals surface area contributed by atoms with E-state index in [0.717, 1.165) is 12.8 Å². The average molecular weight is 300 g/mol. The Bertz CT molecular complexity index is 347. The van der Waals surface area contributed by atoms with Crippen LogP contribution in [0.1, 0.15) is 58.8 Å². The summed E-state index contributed by atoms with van der Waals surface area (Å²) >= 11 is 0. The maximum atomic E-state index is 12.6. The number of carbonyl (C=O) groups is 2. The summed E-state index contributed by atoms with van der Waals surface area (Å²) in [5, 5.41) is 19.1. The van der Waals surface area contributed by atoms with Crippen molar-refractivity contribution in [2.75, 3.05) is 13.2 Å². The van der Waals surface area contributed by atoms with Gasteiger partial charge in [-0.15, -0.1) is 0 Å². The number of esters is 1. The predicted octanol–water partition coefficient (Wildman–Crippen LogP) is 1.84. The minimum atomic E-state index is -0.979. The van der Waals surface area contributed by atoms with Crippen LogP contribution in [-0.2, 0) is 14.3 Å². The highest BCUT2D eigenvalue weighted by molar-refractivity contribution is 6.04. The minimum Gasteiger partial charge on any atom is -0.465 e. The highest BCUT2D eigenvalue weighted by Crippen LogP contribution is 2.41. The molecule has 0 aromatic rings. The molecule has 1 aliphatic carbocycles. The maximum Gasteiger partial charge on any atom is 0.319 e. The Kier molecular flexibility index (Phi) is 7.32. The van der Waals surface area contributed by atoms with Gasteiger partial charge in [-0.1, -0.05) is 19.8 Å². The second-order valence-electron chi connectivity index (χ2n) is 5.89. The molecule has 0 spiro atoms. The summed E-state index contributed by atoms with van der Waals surface area (Å²) in [5.41, 5.74) is -0.979. The molecule has 0 aliphatic heterocycles. The lowest BCUT2D eigenvalue weighted by Gasteiger charge is -2.26. The summed E-state index contributed by atoms with van der Waals surface area (Å²) in [4.78, 5) is 24.7. The summed E-state index contributed by atoms with van der Waals surface area (Å²) < 4.78 is 5.09. The van der Waals surface area contributed by atoms with Gasteiger partial charge in [0.2, 0.25) is 0 Å². The van der Waals surface area contributed by atoms with Crippen molar-refractivity contribution in [3.63, 3.8) is 0 Å². The van der Waals surface area contributed by atoms with Crippen molar-refractivity contribution in [3.05, 3.63) is 0 Å². The molecule has 5 nitrogen and oxygen atoms in total. The third kappa shape index (κ3) is 4.27. The highest BCUT2D eigenvalue weighted by Gasteiger charge is 2.48. The SMILES string of the molecule is CCOC(=O)C1(C(=O)CCC(CO)C(O)CC)CCCC1. The van der Waals surface area contributed by atoms with Gasteiger partial charge < -0.3 is 14.9 Å². The average Bonchev–Trinajstić information content (AvgIpc) is 2.98. The zero-order valence-corrected chi connectivity index (χ0v) is 13.1. The van der Waals surface area contributed by atoms with Crippen molar-refractivity contribution in [1.82, 2.24) is 0 Å². The van der Waals surface area contributed by atoms with E-state index in [-0.39, 0.29) is 31.3 Å². The number of rotatable bonds is 9. The number of hydrogen-bond acceptors (Lipinski definition) is 5. The fraction of sp³-hybridized carbons (Fsp3) is 0.875. The van der Waals surface area contributed by atoms with Crippen LogP contribution >= 0.6 is 0 Å². The number of aliphatic hydroxyl groups excluding tert-OH is 2. The van der Waals surface area contributed by atoms with Gasteiger partial charge in [0.25, 0.3) is 0 Å². The van der Waals surface area contributed by atoms with E-state index in [1.165, 1.54) is 0 Å². The third-order valence-electron chi connectivity index (χ3n) is 4.60. The molecule has 1 aliphatic rings. The lowest BCUT2D eigenvalue weighted by atomic mass is 9.78. The summed E-state index contributed by atoms with van der Waals surface area (Å²) in [5.74, 6) is -0.802. The van der Waals surface area contributed by atoms with Crippen LogP contribution in [0, 0.1) is 11.3 Å². The van der Waals surface area contributed by atoms with Crippen LogP contribution in [0.2, 0.25) is 0 Å². The van der Waals surface area contributed by atoms with Crippen LogP contribution in [0.15, 0.2) is 0 Å². The number of aliphatic hydroxyl groups is 2. The van der Waals surface area contributed by atoms with Crippen molar-refractivity contribution in [3.8, 4) is 0 Å². The number of carbonyl (C=O) groups excluding carboxylic acids is 2. The van der Waals surface area contributed by atoms with E-state index in [4.69, 9.17) is 4.74 Å². The molecular formula is C16H28O5. The summed E-state index contributed by atoms with van der Waals surface area (Å²) in [6.07, 6.45) is 3.41. The first-order valence-corrected chi connectivity index (χ1v) is 8.01. The Morgan fingerprint density at radius 1 is 1.24 bits per heavy atom. The van der Waals surface area contributed by atoms with E-state index < -0.39 is 17.5 Å². The topological polar surface area (TPSA) is 83.8 Å². The first-order valence-electron chi connectivity index (χ1n) is 8.01. The minimum absolute atomic E-state index is 0.0970. The van der Waals surface area contributed by atoms with Crippen LogP contribution in [0.3, 0.4) is 0 Å². The molecule has 1 fully saturated rings. The molecule has 0 amide bonds. The normalized spacial score (nSPS) is 20.0. The molecule has 0 heterocycles. The number of ether oxygens (including phenoxy) is 1. The zero-order valence-electron chi connectivity index (χ0n) is 13.1. The second-order valence-corrected chi connectivity index (χ2v) is 5.89. The second kappa shape index (κ2) is 8.49. The molecule has 0 bridgehead atoms. The van der Waals surface area contributed by atoms with Gasteiger partial charge in [0.05, 0.1) is 12.7 Å². The molecule has 2 atom stereocenters. The molecule has 122 valence electrons. The largest absolute Gasteiger partial charge is 0.465 e. The van der Waals surface area contributed by atoms with E-state index in [9.17, 15) is 19.8 Å². The van der Waals surface area contributed by atoms with Crippen molar-refractivity contribution in [2.45, 2.75) is 64.9 Å². The molecule has 2 N–H and O–H groups in total. The predicted molar refractivity (Wildman–Crippen MR) is 78.6 cm³/mol. The van der Waals surface area contributed by atoms with Gasteiger partial charge >= 0.3 is 5.97 Å². The Hall–Kier alpha value is -0.940. The van der Waals surface area contributed by atoms with Gasteiger partial charge in [-0.25, -0.2) is 0 Å². The number of hydrogen-bond donors (Lipinski definition) is 2. The van der Waals surface area contributed by atoms with Crippen LogP contribution < -0.4 is 0 Å². The van der Waals surface area contributed by atoms with E-state index in [1.807, 2.05) is 6.92 Å². The molecule has 1 saturated carbocycles. The van der Waals surface area contributed by atoms with Gasteiger partial charge in [-0.2, -0.15) is 0 Å². The zero-order chi connectivity index (χ0) is 15.9. The Morgan fingerprint density at radius 3 is 2.33 bits per heavy atom. The van der Waals surface area contributed by atoms with Gasteiger partial charge in [0.1, 0.15) is 11.2 Å². The van der Waals surface area contributed by atoms with Crippen LogP contribution in [-0.4, -0.2) is 41.3 Å². The Morgan fingerprint density at radius 2 is 1.86 bits per heavy atom. The van der Waals surface area contributed by atoms with Crippen LogP contribution in [0.5, 0.6) is 0 Å². The van der Waals surface area contributed by atoms with Crippen molar-refractivity contribution in [2.24, 2.45) is 11.3 Å². The van der Waals surface area contributed by atoms with Crippen molar-refractivity contribution < 1.29 is 24.5 Å². The van der Waals surface area contributed by atoms with E-state index >= 15 is 0 Å². The molecule has 5 heteroatoms. The number of Topliss-reactive ketones (excluding diaryl/α,β-unsaturated/α-hetero) is 1. The first kappa shape index (κ1) is 18.1. The van der Waals surface area contributed by atoms with Crippen molar-refractivity contribution in [1.29, 1.82) is 0 Å². The third-order valence-corrected chi connectivity index (χ3v) is 4.60. The molecule has 0 radical (unpaired) electrons. The molecule has 2 unspecified atom stereocenters. The maximum absolute atomic E-state index is 12.6. The summed E-state index contributed by atoms with van der Waals surface area (Å²) in [6, 6.07) is 0. The molecule has 0 aromatic heterocycles. The summed E-state index contributed by atoms with van der Waals surface area (Å²) in [7, 11) is 0. The molecular weight excluding hydrogens is 272 g/mol. The van der Waals surface area contributed by atoms with Gasteiger partial charge in [0.15, 0.2) is 0 Å². The van der Waals surface area contributed by atoms with E-state index in [1.54, 1.807) is 6.92 Å². The fourth-order valence-electron chi connectivity index (χ4n) is 3.14. The first-order chi connectivity index (χ1) is 10.0. The van der Waals surface area contributed by atoms with Crippen LogP contribution in [0.25, 0.3) is 0 Å². The Labute approximate surface area is 126 Å². The fourth-order valence-corrected chi connectivity index (χ4v) is 3.14. The molecule has 1 rings (SSSR count). The smallest absolute Gasteiger partial charge is 0.319 e. The lowest BCUT2D eigenvalue weighted by molar-refractivity contribution is -0.160. The summed E-state index contributed by atoms with van der Waals surface area (Å²) in [6.45, 7) is 3.72. The van der Waals surface area contributed by atoms with E-state index in [0.29, 0.717) is 25.7 Å². The number of ketones is 1.